The van der Waals surface area contributed by atoms with Crippen LogP contribution < -0.4 is 16.8 Å². The number of rotatable bonds is 5. The SMILES string of the molecule is C[C@H](NC(=O)[C@@H](N)Cc1ccccc1)C(N)=O. The Morgan fingerprint density at radius 3 is 2.41 bits per heavy atom. The van der Waals surface area contributed by atoms with E-state index in [1.807, 2.05) is 30.3 Å². The van der Waals surface area contributed by atoms with Crippen molar-refractivity contribution in [3.05, 3.63) is 35.9 Å². The second-order valence-electron chi connectivity index (χ2n) is 3.93. The number of nitrogens with one attached hydrogen (secondary N) is 1. The molecule has 0 aliphatic heterocycles. The predicted molar refractivity (Wildman–Crippen MR) is 64.9 cm³/mol. The number of hydrogen-bond acceptors (Lipinski definition) is 3. The molecule has 0 saturated carbocycles. The van der Waals surface area contributed by atoms with E-state index in [1.165, 1.54) is 6.92 Å². The molecule has 0 aliphatic carbocycles. The van der Waals surface area contributed by atoms with E-state index in [0.717, 1.165) is 5.56 Å². The van der Waals surface area contributed by atoms with Gasteiger partial charge in [-0.15, -0.1) is 0 Å². The molecular weight excluding hydrogens is 218 g/mol. The largest absolute Gasteiger partial charge is 0.368 e. The maximum Gasteiger partial charge on any atom is 0.239 e. The van der Waals surface area contributed by atoms with E-state index < -0.39 is 18.0 Å². The summed E-state index contributed by atoms with van der Waals surface area (Å²) in [7, 11) is 0. The van der Waals surface area contributed by atoms with Gasteiger partial charge in [0.25, 0.3) is 0 Å². The highest BCUT2D eigenvalue weighted by atomic mass is 16.2. The van der Waals surface area contributed by atoms with Gasteiger partial charge in [0.1, 0.15) is 6.04 Å². The van der Waals surface area contributed by atoms with Crippen LogP contribution in [0, 0.1) is 0 Å². The predicted octanol–water partition coefficient (Wildman–Crippen LogP) is -0.454. The van der Waals surface area contributed by atoms with E-state index in [2.05, 4.69) is 5.32 Å². The minimum Gasteiger partial charge on any atom is -0.368 e. The topological polar surface area (TPSA) is 98.2 Å². The first-order chi connectivity index (χ1) is 8.00. The number of hydrogen-bond donors (Lipinski definition) is 3. The summed E-state index contributed by atoms with van der Waals surface area (Å²) in [4.78, 5) is 22.4. The van der Waals surface area contributed by atoms with Gasteiger partial charge < -0.3 is 16.8 Å². The van der Waals surface area contributed by atoms with Crippen LogP contribution in [-0.4, -0.2) is 23.9 Å². The van der Waals surface area contributed by atoms with Gasteiger partial charge in [-0.2, -0.15) is 0 Å². The summed E-state index contributed by atoms with van der Waals surface area (Å²) in [6, 6.07) is 8.06. The molecule has 0 unspecified atom stereocenters. The summed E-state index contributed by atoms with van der Waals surface area (Å²) in [5.41, 5.74) is 11.7. The molecule has 1 rings (SSSR count). The molecule has 0 heterocycles. The molecule has 2 amide bonds. The van der Waals surface area contributed by atoms with Gasteiger partial charge in [-0.3, -0.25) is 9.59 Å². The van der Waals surface area contributed by atoms with Crippen molar-refractivity contribution in [2.24, 2.45) is 11.5 Å². The van der Waals surface area contributed by atoms with Crippen molar-refractivity contribution < 1.29 is 9.59 Å². The lowest BCUT2D eigenvalue weighted by atomic mass is 10.1. The molecule has 1 aromatic carbocycles. The maximum absolute atomic E-state index is 11.6. The highest BCUT2D eigenvalue weighted by molar-refractivity contribution is 5.88. The van der Waals surface area contributed by atoms with E-state index >= 15 is 0 Å². The number of amides is 2. The van der Waals surface area contributed by atoms with Crippen LogP contribution in [0.15, 0.2) is 30.3 Å². The first kappa shape index (κ1) is 13.2. The Bertz CT molecular complexity index is 392. The zero-order valence-electron chi connectivity index (χ0n) is 9.72. The molecule has 0 fully saturated rings. The van der Waals surface area contributed by atoms with Crippen LogP contribution in [0.25, 0.3) is 0 Å². The molecule has 5 nitrogen and oxygen atoms in total. The molecule has 0 aliphatic rings. The average molecular weight is 235 g/mol. The first-order valence-corrected chi connectivity index (χ1v) is 5.40. The van der Waals surface area contributed by atoms with Crippen molar-refractivity contribution >= 4 is 11.8 Å². The van der Waals surface area contributed by atoms with Crippen LogP contribution in [0.2, 0.25) is 0 Å². The number of primary amides is 1. The minimum absolute atomic E-state index is 0.375. The molecular formula is C12H17N3O2. The van der Waals surface area contributed by atoms with Crippen LogP contribution in [0.5, 0.6) is 0 Å². The van der Waals surface area contributed by atoms with E-state index in [4.69, 9.17) is 11.5 Å². The monoisotopic (exact) mass is 235 g/mol. The normalized spacial score (nSPS) is 13.8. The average Bonchev–Trinajstić information content (AvgIpc) is 2.29. The van der Waals surface area contributed by atoms with Crippen LogP contribution in [0.1, 0.15) is 12.5 Å². The molecule has 5 heteroatoms. The number of benzene rings is 1. The molecule has 0 spiro atoms. The van der Waals surface area contributed by atoms with Gasteiger partial charge in [0.05, 0.1) is 6.04 Å². The van der Waals surface area contributed by atoms with Gasteiger partial charge in [-0.05, 0) is 18.9 Å². The number of carbonyl (C=O) groups excluding carboxylic acids is 2. The van der Waals surface area contributed by atoms with E-state index in [1.54, 1.807) is 0 Å². The fraction of sp³-hybridized carbons (Fsp3) is 0.333. The third-order valence-corrected chi connectivity index (χ3v) is 2.42. The smallest absolute Gasteiger partial charge is 0.239 e. The number of carbonyl (C=O) groups is 2. The third-order valence-electron chi connectivity index (χ3n) is 2.42. The van der Waals surface area contributed by atoms with Crippen LogP contribution in [-0.2, 0) is 16.0 Å². The Morgan fingerprint density at radius 2 is 1.88 bits per heavy atom. The Labute approximate surface area is 100 Å². The van der Waals surface area contributed by atoms with Crippen molar-refractivity contribution in [2.45, 2.75) is 25.4 Å². The highest BCUT2D eigenvalue weighted by Gasteiger charge is 2.18. The third kappa shape index (κ3) is 4.24. The molecule has 17 heavy (non-hydrogen) atoms. The number of nitrogens with two attached hydrogens (primary N) is 2. The van der Waals surface area contributed by atoms with Gasteiger partial charge in [-0.25, -0.2) is 0 Å². The fourth-order valence-corrected chi connectivity index (χ4v) is 1.35. The summed E-state index contributed by atoms with van der Waals surface area (Å²) in [6.45, 7) is 1.52. The lowest BCUT2D eigenvalue weighted by Gasteiger charge is -2.15. The zero-order valence-corrected chi connectivity index (χ0v) is 9.72. The molecule has 1 aromatic rings. The molecule has 0 radical (unpaired) electrons. The van der Waals surface area contributed by atoms with E-state index in [9.17, 15) is 9.59 Å². The standard InChI is InChI=1S/C12H17N3O2/c1-8(11(14)16)15-12(17)10(13)7-9-5-3-2-4-6-9/h2-6,8,10H,7,13H2,1H3,(H2,14,16)(H,15,17)/t8-,10-/m0/s1. The van der Waals surface area contributed by atoms with Crippen molar-refractivity contribution in [1.82, 2.24) is 5.32 Å². The van der Waals surface area contributed by atoms with E-state index in [0.29, 0.717) is 6.42 Å². The lowest BCUT2D eigenvalue weighted by molar-refractivity contribution is -0.127. The summed E-state index contributed by atoms with van der Waals surface area (Å²) in [6.07, 6.45) is 0.429. The van der Waals surface area contributed by atoms with E-state index in [-0.39, 0.29) is 5.91 Å². The Morgan fingerprint density at radius 1 is 1.29 bits per heavy atom. The second-order valence-corrected chi connectivity index (χ2v) is 3.93. The first-order valence-electron chi connectivity index (χ1n) is 5.40. The van der Waals surface area contributed by atoms with Gasteiger partial charge in [-0.1, -0.05) is 30.3 Å². The molecule has 0 bridgehead atoms. The van der Waals surface area contributed by atoms with Crippen molar-refractivity contribution in [2.75, 3.05) is 0 Å². The van der Waals surface area contributed by atoms with Gasteiger partial charge in [0.15, 0.2) is 0 Å². The quantitative estimate of drug-likeness (QED) is 0.644. The molecule has 5 N–H and O–H groups in total. The Balaban J connectivity index is 2.50. The van der Waals surface area contributed by atoms with Crippen LogP contribution >= 0.6 is 0 Å². The molecule has 0 saturated heterocycles. The zero-order chi connectivity index (χ0) is 12.8. The molecule has 2 atom stereocenters. The summed E-state index contributed by atoms with van der Waals surface area (Å²) in [5.74, 6) is -0.953. The Kier molecular flexibility index (Phi) is 4.66. The fourth-order valence-electron chi connectivity index (χ4n) is 1.35. The lowest BCUT2D eigenvalue weighted by Crippen LogP contribution is -2.49. The molecule has 92 valence electrons. The van der Waals surface area contributed by atoms with Gasteiger partial charge in [0.2, 0.25) is 11.8 Å². The van der Waals surface area contributed by atoms with Crippen LogP contribution in [0.4, 0.5) is 0 Å². The van der Waals surface area contributed by atoms with Crippen molar-refractivity contribution in [3.8, 4) is 0 Å². The van der Waals surface area contributed by atoms with Crippen molar-refractivity contribution in [3.63, 3.8) is 0 Å². The highest BCUT2D eigenvalue weighted by Crippen LogP contribution is 2.02. The maximum atomic E-state index is 11.6. The van der Waals surface area contributed by atoms with Crippen LogP contribution in [0.3, 0.4) is 0 Å². The summed E-state index contributed by atoms with van der Waals surface area (Å²) < 4.78 is 0. The second kappa shape index (κ2) is 6.00. The minimum atomic E-state index is -0.704. The summed E-state index contributed by atoms with van der Waals surface area (Å²) >= 11 is 0. The van der Waals surface area contributed by atoms with Gasteiger partial charge >= 0.3 is 0 Å². The summed E-state index contributed by atoms with van der Waals surface area (Å²) in [5, 5.41) is 2.46. The molecule has 0 aromatic heterocycles. The van der Waals surface area contributed by atoms with Gasteiger partial charge in [0, 0.05) is 0 Å². The van der Waals surface area contributed by atoms with Crippen molar-refractivity contribution in [1.29, 1.82) is 0 Å². The Hall–Kier alpha value is -1.88.